The molecular weight excluding hydrogens is 200 g/mol. The molecular formula is C13H22N2O. The highest BCUT2D eigenvalue weighted by Gasteiger charge is 2.06. The van der Waals surface area contributed by atoms with Crippen LogP contribution in [0.4, 0.5) is 0 Å². The highest BCUT2D eigenvalue weighted by molar-refractivity contribution is 5.43. The Morgan fingerprint density at radius 1 is 1.25 bits per heavy atom. The summed E-state index contributed by atoms with van der Waals surface area (Å²) in [7, 11) is 3.67. The molecule has 90 valence electrons. The fourth-order valence-corrected chi connectivity index (χ4v) is 1.89. The molecule has 1 aromatic rings. The molecule has 0 aliphatic carbocycles. The van der Waals surface area contributed by atoms with Crippen molar-refractivity contribution in [2.75, 3.05) is 27.4 Å². The fourth-order valence-electron chi connectivity index (χ4n) is 1.89. The summed E-state index contributed by atoms with van der Waals surface area (Å²) in [5.74, 6) is 1.00. The lowest BCUT2D eigenvalue weighted by atomic mass is 10.0. The molecule has 0 unspecified atom stereocenters. The molecule has 2 N–H and O–H groups in total. The van der Waals surface area contributed by atoms with E-state index >= 15 is 0 Å². The Morgan fingerprint density at radius 3 is 2.62 bits per heavy atom. The van der Waals surface area contributed by atoms with Crippen molar-refractivity contribution in [3.8, 4) is 5.75 Å². The van der Waals surface area contributed by atoms with E-state index in [1.165, 1.54) is 16.7 Å². The standard InChI is InChI=1S/C13H22N2O/c1-10-7-11(2)12(13(8-10)16-4)5-6-15-9-14-3/h7-8,14-15H,5-6,9H2,1-4H3. The topological polar surface area (TPSA) is 33.3 Å². The first-order valence-electron chi connectivity index (χ1n) is 5.68. The second kappa shape index (κ2) is 6.51. The minimum absolute atomic E-state index is 0.841. The van der Waals surface area contributed by atoms with Crippen LogP contribution in [0, 0.1) is 13.8 Å². The number of rotatable bonds is 6. The minimum Gasteiger partial charge on any atom is -0.496 e. The zero-order chi connectivity index (χ0) is 12.0. The number of benzene rings is 1. The number of ether oxygens (including phenoxy) is 1. The molecule has 0 fully saturated rings. The number of aryl methyl sites for hydroxylation is 2. The van der Waals surface area contributed by atoms with Gasteiger partial charge in [-0.2, -0.15) is 0 Å². The zero-order valence-corrected chi connectivity index (χ0v) is 10.7. The molecule has 1 rings (SSSR count). The molecule has 0 spiro atoms. The van der Waals surface area contributed by atoms with Crippen LogP contribution in [0.15, 0.2) is 12.1 Å². The van der Waals surface area contributed by atoms with Gasteiger partial charge in [0.25, 0.3) is 0 Å². The molecule has 0 radical (unpaired) electrons. The largest absolute Gasteiger partial charge is 0.496 e. The Bertz CT molecular complexity index is 337. The van der Waals surface area contributed by atoms with E-state index in [0.717, 1.165) is 25.4 Å². The first kappa shape index (κ1) is 13.0. The van der Waals surface area contributed by atoms with Crippen molar-refractivity contribution in [3.05, 3.63) is 28.8 Å². The van der Waals surface area contributed by atoms with E-state index in [9.17, 15) is 0 Å². The minimum atomic E-state index is 0.841. The van der Waals surface area contributed by atoms with Gasteiger partial charge in [0.1, 0.15) is 5.75 Å². The van der Waals surface area contributed by atoms with Gasteiger partial charge in [-0.15, -0.1) is 0 Å². The van der Waals surface area contributed by atoms with Crippen LogP contribution in [0.1, 0.15) is 16.7 Å². The Morgan fingerprint density at radius 2 is 2.00 bits per heavy atom. The summed E-state index contributed by atoms with van der Waals surface area (Å²) in [6.07, 6.45) is 0.997. The maximum atomic E-state index is 5.42. The van der Waals surface area contributed by atoms with E-state index in [2.05, 4.69) is 36.6 Å². The number of hydrogen-bond donors (Lipinski definition) is 2. The lowest BCUT2D eigenvalue weighted by Gasteiger charge is -2.13. The second-order valence-corrected chi connectivity index (χ2v) is 4.04. The molecule has 1 aromatic carbocycles. The molecule has 16 heavy (non-hydrogen) atoms. The van der Waals surface area contributed by atoms with E-state index in [4.69, 9.17) is 4.74 Å². The third-order valence-corrected chi connectivity index (χ3v) is 2.65. The van der Waals surface area contributed by atoms with Crippen LogP contribution in [0.5, 0.6) is 5.75 Å². The van der Waals surface area contributed by atoms with Crippen LogP contribution < -0.4 is 15.4 Å². The first-order valence-corrected chi connectivity index (χ1v) is 5.68. The molecule has 0 aliphatic heterocycles. The maximum Gasteiger partial charge on any atom is 0.122 e. The van der Waals surface area contributed by atoms with E-state index in [1.807, 2.05) is 7.05 Å². The molecule has 0 atom stereocenters. The predicted octanol–water partition coefficient (Wildman–Crippen LogP) is 1.62. The monoisotopic (exact) mass is 222 g/mol. The molecule has 0 saturated heterocycles. The average molecular weight is 222 g/mol. The SMILES string of the molecule is CNCNCCc1c(C)cc(C)cc1OC. The van der Waals surface area contributed by atoms with Crippen molar-refractivity contribution in [2.24, 2.45) is 0 Å². The van der Waals surface area contributed by atoms with Gasteiger partial charge in [-0.3, -0.25) is 0 Å². The summed E-state index contributed by atoms with van der Waals surface area (Å²) in [5.41, 5.74) is 3.86. The van der Waals surface area contributed by atoms with Gasteiger partial charge in [0.15, 0.2) is 0 Å². The molecule has 3 nitrogen and oxygen atoms in total. The number of methoxy groups -OCH3 is 1. The van der Waals surface area contributed by atoms with Crippen molar-refractivity contribution < 1.29 is 4.74 Å². The lowest BCUT2D eigenvalue weighted by Crippen LogP contribution is -2.27. The summed E-state index contributed by atoms with van der Waals surface area (Å²) in [4.78, 5) is 0. The molecule has 0 bridgehead atoms. The van der Waals surface area contributed by atoms with E-state index in [0.29, 0.717) is 0 Å². The van der Waals surface area contributed by atoms with Crippen LogP contribution in [0.3, 0.4) is 0 Å². The Hall–Kier alpha value is -1.06. The van der Waals surface area contributed by atoms with E-state index in [-0.39, 0.29) is 0 Å². The van der Waals surface area contributed by atoms with Crippen LogP contribution in [-0.2, 0) is 6.42 Å². The van der Waals surface area contributed by atoms with Gasteiger partial charge < -0.3 is 15.4 Å². The number of nitrogens with one attached hydrogen (secondary N) is 2. The van der Waals surface area contributed by atoms with Crippen molar-refractivity contribution >= 4 is 0 Å². The zero-order valence-electron chi connectivity index (χ0n) is 10.7. The molecule has 0 heterocycles. The first-order chi connectivity index (χ1) is 7.69. The summed E-state index contributed by atoms with van der Waals surface area (Å²) in [6.45, 7) is 6.04. The van der Waals surface area contributed by atoms with Crippen LogP contribution in [-0.4, -0.2) is 27.4 Å². The third kappa shape index (κ3) is 3.51. The van der Waals surface area contributed by atoms with Gasteiger partial charge >= 0.3 is 0 Å². The lowest BCUT2D eigenvalue weighted by molar-refractivity contribution is 0.408. The van der Waals surface area contributed by atoms with Crippen molar-refractivity contribution in [1.29, 1.82) is 0 Å². The average Bonchev–Trinajstić information content (AvgIpc) is 2.26. The fraction of sp³-hybridized carbons (Fsp3) is 0.538. The summed E-state index contributed by atoms with van der Waals surface area (Å²) in [5, 5.41) is 6.37. The van der Waals surface area contributed by atoms with Gasteiger partial charge in [0.2, 0.25) is 0 Å². The third-order valence-electron chi connectivity index (χ3n) is 2.65. The van der Waals surface area contributed by atoms with Crippen molar-refractivity contribution in [2.45, 2.75) is 20.3 Å². The molecule has 0 saturated carbocycles. The number of hydrogen-bond acceptors (Lipinski definition) is 3. The Labute approximate surface area is 98.2 Å². The molecule has 3 heteroatoms. The van der Waals surface area contributed by atoms with E-state index in [1.54, 1.807) is 7.11 Å². The summed E-state index contributed by atoms with van der Waals surface area (Å²) in [6, 6.07) is 4.30. The second-order valence-electron chi connectivity index (χ2n) is 4.04. The van der Waals surface area contributed by atoms with E-state index < -0.39 is 0 Å². The van der Waals surface area contributed by atoms with Gasteiger partial charge in [0.05, 0.1) is 7.11 Å². The molecule has 0 aliphatic rings. The quantitative estimate of drug-likeness (QED) is 0.567. The van der Waals surface area contributed by atoms with Gasteiger partial charge in [-0.1, -0.05) is 6.07 Å². The van der Waals surface area contributed by atoms with Crippen LogP contribution >= 0.6 is 0 Å². The molecule has 0 aromatic heterocycles. The maximum absolute atomic E-state index is 5.42. The smallest absolute Gasteiger partial charge is 0.122 e. The highest BCUT2D eigenvalue weighted by atomic mass is 16.5. The normalized spacial score (nSPS) is 10.5. The van der Waals surface area contributed by atoms with Gasteiger partial charge in [0, 0.05) is 13.2 Å². The van der Waals surface area contributed by atoms with Crippen LogP contribution in [0.2, 0.25) is 0 Å². The predicted molar refractivity (Wildman–Crippen MR) is 68.1 cm³/mol. The van der Waals surface area contributed by atoms with Gasteiger partial charge in [-0.05, 0) is 50.1 Å². The Balaban J connectivity index is 2.70. The summed E-state index contributed by atoms with van der Waals surface area (Å²) >= 11 is 0. The highest BCUT2D eigenvalue weighted by Crippen LogP contribution is 2.24. The van der Waals surface area contributed by atoms with Crippen LogP contribution in [0.25, 0.3) is 0 Å². The van der Waals surface area contributed by atoms with Crippen molar-refractivity contribution in [3.63, 3.8) is 0 Å². The Kier molecular flexibility index (Phi) is 5.29. The van der Waals surface area contributed by atoms with Gasteiger partial charge in [-0.25, -0.2) is 0 Å². The summed E-state index contributed by atoms with van der Waals surface area (Å²) < 4.78 is 5.42. The molecule has 0 amide bonds. The van der Waals surface area contributed by atoms with Crippen molar-refractivity contribution in [1.82, 2.24) is 10.6 Å².